The number of rotatable bonds is 7. The molecule has 0 spiro atoms. The first-order valence-electron chi connectivity index (χ1n) is 11.4. The number of hydrogen-bond acceptors (Lipinski definition) is 4. The molecule has 3 aromatic rings. The monoisotopic (exact) mass is 501 g/mol. The smallest absolute Gasteiger partial charge is 0.416 e. The van der Waals surface area contributed by atoms with E-state index in [-0.39, 0.29) is 12.0 Å². The van der Waals surface area contributed by atoms with Gasteiger partial charge in [0.15, 0.2) is 0 Å². The molecule has 0 amide bonds. The normalized spacial score (nSPS) is 15.5. The molecular weight excluding hydrogens is 474 g/mol. The summed E-state index contributed by atoms with van der Waals surface area (Å²) in [5.41, 5.74) is 2.02. The molecule has 0 bridgehead atoms. The molecule has 1 saturated heterocycles. The summed E-state index contributed by atoms with van der Waals surface area (Å²) < 4.78 is 51.7. The van der Waals surface area contributed by atoms with Gasteiger partial charge >= 0.3 is 12.1 Å². The van der Waals surface area contributed by atoms with Crippen LogP contribution in [0.4, 0.5) is 13.2 Å². The molecule has 0 aliphatic carbocycles. The van der Waals surface area contributed by atoms with Crippen molar-refractivity contribution in [1.29, 1.82) is 0 Å². The zero-order valence-corrected chi connectivity index (χ0v) is 20.3. The zero-order valence-electron chi connectivity index (χ0n) is 19.1. The van der Waals surface area contributed by atoms with Crippen molar-refractivity contribution in [3.63, 3.8) is 0 Å². The predicted molar refractivity (Wildman–Crippen MR) is 132 cm³/mol. The lowest BCUT2D eigenvalue weighted by Crippen LogP contribution is -2.43. The van der Waals surface area contributed by atoms with E-state index in [9.17, 15) is 18.0 Å². The van der Waals surface area contributed by atoms with Gasteiger partial charge in [0.05, 0.1) is 33.8 Å². The zero-order chi connectivity index (χ0) is 24.9. The van der Waals surface area contributed by atoms with E-state index in [1.807, 2.05) is 27.7 Å². The second kappa shape index (κ2) is 10.9. The van der Waals surface area contributed by atoms with Gasteiger partial charge in [0.25, 0.3) is 0 Å². The fourth-order valence-corrected chi connectivity index (χ4v) is 4.69. The van der Waals surface area contributed by atoms with Gasteiger partial charge in [-0.2, -0.15) is 13.2 Å². The molecule has 0 radical (unpaired) electrons. The summed E-state index contributed by atoms with van der Waals surface area (Å²) >= 11 is 0. The van der Waals surface area contributed by atoms with Crippen LogP contribution >= 0.6 is 9.47 Å². The quantitative estimate of drug-likeness (QED) is 0.394. The van der Waals surface area contributed by atoms with Crippen molar-refractivity contribution in [3.05, 3.63) is 95.1 Å². The molecule has 0 saturated carbocycles. The number of nitrogens with one attached hydrogen (secondary N) is 1. The maximum absolute atomic E-state index is 13.7. The Morgan fingerprint density at radius 1 is 0.943 bits per heavy atom. The Kier molecular flexibility index (Phi) is 7.90. The molecule has 8 heteroatoms. The number of alkyl halides is 3. The summed E-state index contributed by atoms with van der Waals surface area (Å²) in [4.78, 5) is 11.7. The maximum atomic E-state index is 13.7. The highest BCUT2D eigenvalue weighted by atomic mass is 31.0. The summed E-state index contributed by atoms with van der Waals surface area (Å²) in [7, 11) is 1.88. The van der Waals surface area contributed by atoms with Crippen LogP contribution in [-0.2, 0) is 27.5 Å². The van der Waals surface area contributed by atoms with Gasteiger partial charge in [-0.3, -0.25) is 0 Å². The van der Waals surface area contributed by atoms with Gasteiger partial charge < -0.3 is 14.6 Å². The van der Waals surface area contributed by atoms with Gasteiger partial charge in [0, 0.05) is 5.41 Å². The molecule has 1 N–H and O–H groups in total. The van der Waals surface area contributed by atoms with Crippen molar-refractivity contribution in [2.24, 2.45) is 0 Å². The van der Waals surface area contributed by atoms with Crippen molar-refractivity contribution in [2.45, 2.75) is 31.0 Å². The van der Waals surface area contributed by atoms with E-state index in [4.69, 9.17) is 4.74 Å². The number of piperidine rings is 1. The highest BCUT2D eigenvalue weighted by molar-refractivity contribution is 7.10. The Hall–Kier alpha value is -2.73. The van der Waals surface area contributed by atoms with Crippen LogP contribution in [0.1, 0.15) is 39.9 Å². The lowest BCUT2D eigenvalue weighted by molar-refractivity contribution is -0.137. The van der Waals surface area contributed by atoms with Crippen LogP contribution in [0, 0.1) is 0 Å². The van der Waals surface area contributed by atoms with Crippen molar-refractivity contribution in [1.82, 2.24) is 5.32 Å². The SMILES string of the molecule is O=C(OP)c1ccc(-c2cc(COCC3(c4ccccc4)CCNCC3)cc(C(F)(F)F)c2)cc1. The van der Waals surface area contributed by atoms with Gasteiger partial charge in [-0.25, -0.2) is 4.79 Å². The standard InChI is InChI=1S/C27H27F3NO3P/c28-27(29,30)24-15-19(14-22(16-24)20-6-8-21(9-7-20)25(32)34-35)17-33-18-26(10-12-31-13-11-26)23-4-2-1-3-5-23/h1-9,14-16,31H,10-13,17-18,35H2. The van der Waals surface area contributed by atoms with E-state index in [1.54, 1.807) is 18.2 Å². The molecule has 4 nitrogen and oxygen atoms in total. The summed E-state index contributed by atoms with van der Waals surface area (Å²) in [5, 5.41) is 3.37. The summed E-state index contributed by atoms with van der Waals surface area (Å²) in [6, 6.07) is 20.4. The molecule has 1 atom stereocenters. The van der Waals surface area contributed by atoms with Crippen molar-refractivity contribution >= 4 is 15.4 Å². The Morgan fingerprint density at radius 3 is 2.26 bits per heavy atom. The molecule has 1 heterocycles. The van der Waals surface area contributed by atoms with Crippen LogP contribution in [0.25, 0.3) is 11.1 Å². The molecule has 1 unspecified atom stereocenters. The lowest BCUT2D eigenvalue weighted by atomic mass is 9.74. The number of hydrogen-bond donors (Lipinski definition) is 1. The van der Waals surface area contributed by atoms with Gasteiger partial charge in [-0.1, -0.05) is 42.5 Å². The maximum Gasteiger partial charge on any atom is 0.416 e. The van der Waals surface area contributed by atoms with Gasteiger partial charge in [0.1, 0.15) is 0 Å². The van der Waals surface area contributed by atoms with E-state index >= 15 is 0 Å². The van der Waals surface area contributed by atoms with Gasteiger partial charge in [0.2, 0.25) is 0 Å². The average Bonchev–Trinajstić information content (AvgIpc) is 2.89. The third kappa shape index (κ3) is 6.10. The summed E-state index contributed by atoms with van der Waals surface area (Å²) in [6.07, 6.45) is -2.69. The van der Waals surface area contributed by atoms with E-state index in [2.05, 4.69) is 22.0 Å². The number of benzene rings is 3. The first-order chi connectivity index (χ1) is 16.8. The second-order valence-electron chi connectivity index (χ2n) is 8.79. The minimum atomic E-state index is -4.49. The Labute approximate surface area is 205 Å². The van der Waals surface area contributed by atoms with Gasteiger partial charge in [-0.15, -0.1) is 0 Å². The van der Waals surface area contributed by atoms with Gasteiger partial charge in [-0.05, 0) is 78.5 Å². The highest BCUT2D eigenvalue weighted by Gasteiger charge is 2.34. The molecule has 184 valence electrons. The lowest BCUT2D eigenvalue weighted by Gasteiger charge is -2.38. The molecule has 1 fully saturated rings. The Balaban J connectivity index is 1.57. The predicted octanol–water partition coefficient (Wildman–Crippen LogP) is 6.16. The van der Waals surface area contributed by atoms with Crippen molar-refractivity contribution < 1.29 is 27.2 Å². The van der Waals surface area contributed by atoms with Crippen molar-refractivity contribution in [2.75, 3.05) is 19.7 Å². The molecule has 1 aliphatic rings. The average molecular weight is 501 g/mol. The number of halogens is 3. The summed E-state index contributed by atoms with van der Waals surface area (Å²) in [6.45, 7) is 2.23. The van der Waals surface area contributed by atoms with Crippen LogP contribution in [0.3, 0.4) is 0 Å². The molecular formula is C27H27F3NO3P. The van der Waals surface area contributed by atoms with Crippen LogP contribution in [0.2, 0.25) is 0 Å². The van der Waals surface area contributed by atoms with E-state index in [1.165, 1.54) is 17.7 Å². The molecule has 0 aromatic heterocycles. The highest BCUT2D eigenvalue weighted by Crippen LogP contribution is 2.36. The van der Waals surface area contributed by atoms with Crippen LogP contribution in [-0.4, -0.2) is 25.7 Å². The fraction of sp³-hybridized carbons (Fsp3) is 0.296. The molecule has 1 aliphatic heterocycles. The van der Waals surface area contributed by atoms with Crippen LogP contribution < -0.4 is 5.32 Å². The number of carbonyl (C=O) groups excluding carboxylic acids is 1. The molecule has 4 rings (SSSR count). The van der Waals surface area contributed by atoms with Crippen LogP contribution in [0.5, 0.6) is 0 Å². The fourth-order valence-electron chi connectivity index (χ4n) is 4.55. The first-order valence-corrected chi connectivity index (χ1v) is 11.8. The third-order valence-electron chi connectivity index (χ3n) is 6.48. The minimum Gasteiger partial charge on any atom is -0.448 e. The Morgan fingerprint density at radius 2 is 1.63 bits per heavy atom. The topological polar surface area (TPSA) is 47.6 Å². The summed E-state index contributed by atoms with van der Waals surface area (Å²) in [5.74, 6) is -0.537. The largest absolute Gasteiger partial charge is 0.448 e. The minimum absolute atomic E-state index is 0.0659. The Bertz CT molecular complexity index is 1140. The third-order valence-corrected chi connectivity index (χ3v) is 6.69. The first kappa shape index (κ1) is 25.4. The molecule has 35 heavy (non-hydrogen) atoms. The van der Waals surface area contributed by atoms with E-state index in [0.29, 0.717) is 28.9 Å². The van der Waals surface area contributed by atoms with Crippen molar-refractivity contribution in [3.8, 4) is 11.1 Å². The second-order valence-corrected chi connectivity index (χ2v) is 9.02. The number of carbonyl (C=O) groups is 1. The number of ether oxygens (including phenoxy) is 1. The molecule has 3 aromatic carbocycles. The van der Waals surface area contributed by atoms with Crippen LogP contribution in [0.15, 0.2) is 72.8 Å². The van der Waals surface area contributed by atoms with E-state index < -0.39 is 17.7 Å². The van der Waals surface area contributed by atoms with E-state index in [0.717, 1.165) is 38.1 Å².